The number of terminal acetylenes is 2. The maximum atomic E-state index is 5.17. The highest BCUT2D eigenvalue weighted by Gasteiger charge is 1.95. The zero-order valence-electron chi connectivity index (χ0n) is 7.98. The van der Waals surface area contributed by atoms with Gasteiger partial charge in [-0.15, -0.1) is 24.7 Å². The lowest BCUT2D eigenvalue weighted by Gasteiger charge is -2.03. The maximum Gasteiger partial charge on any atom is 0.0123 e. The second-order valence-electron chi connectivity index (χ2n) is 2.97. The highest BCUT2D eigenvalue weighted by molar-refractivity contribution is 5.12. The van der Waals surface area contributed by atoms with Gasteiger partial charge in [0.25, 0.3) is 0 Å². The van der Waals surface area contributed by atoms with Crippen LogP contribution in [0.1, 0.15) is 39.5 Å². The molecule has 0 bridgehead atoms. The topological polar surface area (TPSA) is 0 Å². The molecule has 0 heteroatoms. The van der Waals surface area contributed by atoms with Gasteiger partial charge in [0.05, 0.1) is 0 Å². The molecular weight excluding hydrogens is 144 g/mol. The molecule has 0 amide bonds. The molecule has 0 spiro atoms. The molecule has 0 radical (unpaired) electrons. The van der Waals surface area contributed by atoms with Gasteiger partial charge in [-0.25, -0.2) is 0 Å². The van der Waals surface area contributed by atoms with Crippen LogP contribution in [-0.4, -0.2) is 0 Å². The van der Waals surface area contributed by atoms with Crippen LogP contribution in [0.2, 0.25) is 0 Å². The molecule has 0 rings (SSSR count). The van der Waals surface area contributed by atoms with E-state index < -0.39 is 0 Å². The molecule has 12 heavy (non-hydrogen) atoms. The van der Waals surface area contributed by atoms with Crippen LogP contribution < -0.4 is 0 Å². The molecule has 0 aliphatic rings. The molecule has 0 aliphatic carbocycles. The summed E-state index contributed by atoms with van der Waals surface area (Å²) in [6.07, 6.45) is 14.0. The minimum atomic E-state index is 0.833. The molecule has 0 fully saturated rings. The minimum Gasteiger partial charge on any atom is -0.120 e. The van der Waals surface area contributed by atoms with E-state index in [4.69, 9.17) is 12.8 Å². The van der Waals surface area contributed by atoms with E-state index >= 15 is 0 Å². The van der Waals surface area contributed by atoms with E-state index in [1.807, 2.05) is 0 Å². The standard InChI is InChI=1S/C12H16/c1-5-7-9-11(3)12(4)10-8-6-2/h1-2H,7-10H2,3-4H3/b12-11+. The largest absolute Gasteiger partial charge is 0.120 e. The van der Waals surface area contributed by atoms with E-state index in [1.165, 1.54) is 11.1 Å². The van der Waals surface area contributed by atoms with E-state index in [2.05, 4.69) is 25.7 Å². The Bertz CT molecular complexity index is 204. The Hall–Kier alpha value is -1.14. The third-order valence-electron chi connectivity index (χ3n) is 2.02. The smallest absolute Gasteiger partial charge is 0.0123 e. The third kappa shape index (κ3) is 4.64. The quantitative estimate of drug-likeness (QED) is 0.438. The lowest BCUT2D eigenvalue weighted by atomic mass is 10.0. The fourth-order valence-electron chi connectivity index (χ4n) is 0.946. The lowest BCUT2D eigenvalue weighted by Crippen LogP contribution is -1.84. The first kappa shape index (κ1) is 10.9. The molecule has 0 aromatic rings. The molecule has 0 saturated heterocycles. The number of rotatable bonds is 4. The van der Waals surface area contributed by atoms with Crippen LogP contribution in [0.15, 0.2) is 11.1 Å². The summed E-state index contributed by atoms with van der Waals surface area (Å²) in [6, 6.07) is 0. The van der Waals surface area contributed by atoms with E-state index in [0.29, 0.717) is 0 Å². The monoisotopic (exact) mass is 160 g/mol. The van der Waals surface area contributed by atoms with Gasteiger partial charge in [-0.3, -0.25) is 0 Å². The van der Waals surface area contributed by atoms with Gasteiger partial charge in [0.15, 0.2) is 0 Å². The van der Waals surface area contributed by atoms with Gasteiger partial charge in [-0.2, -0.15) is 0 Å². The summed E-state index contributed by atoms with van der Waals surface area (Å²) in [5.74, 6) is 5.27. The Morgan fingerprint density at radius 2 is 1.25 bits per heavy atom. The summed E-state index contributed by atoms with van der Waals surface area (Å²) in [5.41, 5.74) is 2.78. The van der Waals surface area contributed by atoms with Crippen LogP contribution in [0, 0.1) is 24.7 Å². The minimum absolute atomic E-state index is 0.833. The molecule has 0 aromatic heterocycles. The van der Waals surface area contributed by atoms with Gasteiger partial charge in [0.1, 0.15) is 0 Å². The van der Waals surface area contributed by atoms with Crippen LogP contribution in [0.25, 0.3) is 0 Å². The second-order valence-corrected chi connectivity index (χ2v) is 2.97. The van der Waals surface area contributed by atoms with E-state index in [-0.39, 0.29) is 0 Å². The first-order valence-electron chi connectivity index (χ1n) is 4.24. The van der Waals surface area contributed by atoms with Crippen LogP contribution in [0.5, 0.6) is 0 Å². The Kier molecular flexibility index (Phi) is 5.94. The Morgan fingerprint density at radius 3 is 1.50 bits per heavy atom. The summed E-state index contributed by atoms with van der Waals surface area (Å²) in [5, 5.41) is 0. The molecule has 0 nitrogen and oxygen atoms in total. The molecule has 0 unspecified atom stereocenters. The van der Waals surface area contributed by atoms with Crippen LogP contribution in [-0.2, 0) is 0 Å². The first-order chi connectivity index (χ1) is 5.72. The van der Waals surface area contributed by atoms with Crippen LogP contribution >= 0.6 is 0 Å². The van der Waals surface area contributed by atoms with E-state index in [1.54, 1.807) is 0 Å². The predicted molar refractivity (Wildman–Crippen MR) is 54.5 cm³/mol. The normalized spacial score (nSPS) is 11.3. The molecule has 0 atom stereocenters. The zero-order valence-corrected chi connectivity index (χ0v) is 7.98. The Morgan fingerprint density at radius 1 is 0.917 bits per heavy atom. The molecule has 0 heterocycles. The van der Waals surface area contributed by atoms with Crippen molar-refractivity contribution >= 4 is 0 Å². The zero-order chi connectivity index (χ0) is 9.40. The van der Waals surface area contributed by atoms with Crippen molar-refractivity contribution in [1.29, 1.82) is 0 Å². The van der Waals surface area contributed by atoms with Crippen molar-refractivity contribution in [2.45, 2.75) is 39.5 Å². The van der Waals surface area contributed by atoms with Crippen molar-refractivity contribution in [2.75, 3.05) is 0 Å². The van der Waals surface area contributed by atoms with Gasteiger partial charge in [-0.05, 0) is 26.7 Å². The van der Waals surface area contributed by atoms with Gasteiger partial charge >= 0.3 is 0 Å². The lowest BCUT2D eigenvalue weighted by molar-refractivity contribution is 0.911. The summed E-state index contributed by atoms with van der Waals surface area (Å²) < 4.78 is 0. The van der Waals surface area contributed by atoms with Crippen molar-refractivity contribution in [2.24, 2.45) is 0 Å². The fourth-order valence-corrected chi connectivity index (χ4v) is 0.946. The Labute approximate surface area is 76.1 Å². The van der Waals surface area contributed by atoms with Gasteiger partial charge < -0.3 is 0 Å². The van der Waals surface area contributed by atoms with Crippen molar-refractivity contribution in [3.05, 3.63) is 11.1 Å². The summed E-state index contributed by atoms with van der Waals surface area (Å²) >= 11 is 0. The van der Waals surface area contributed by atoms with Crippen molar-refractivity contribution < 1.29 is 0 Å². The third-order valence-corrected chi connectivity index (χ3v) is 2.02. The van der Waals surface area contributed by atoms with Crippen molar-refractivity contribution in [3.8, 4) is 24.7 Å². The average molecular weight is 160 g/mol. The number of allylic oxidation sites excluding steroid dienone is 2. The summed E-state index contributed by atoms with van der Waals surface area (Å²) in [6.45, 7) is 4.26. The first-order valence-corrected chi connectivity index (χ1v) is 4.24. The molecule has 64 valence electrons. The molecule has 0 aromatic carbocycles. The summed E-state index contributed by atoms with van der Waals surface area (Å²) in [7, 11) is 0. The highest BCUT2D eigenvalue weighted by Crippen LogP contribution is 2.14. The average Bonchev–Trinajstić information content (AvgIpc) is 2.10. The van der Waals surface area contributed by atoms with Gasteiger partial charge in [0, 0.05) is 12.8 Å². The Balaban J connectivity index is 3.92. The predicted octanol–water partition coefficient (Wildman–Crippen LogP) is 3.15. The second kappa shape index (κ2) is 6.56. The van der Waals surface area contributed by atoms with Crippen LogP contribution in [0.3, 0.4) is 0 Å². The van der Waals surface area contributed by atoms with Crippen molar-refractivity contribution in [3.63, 3.8) is 0 Å². The maximum absolute atomic E-state index is 5.17. The molecule has 0 saturated carbocycles. The number of hydrogen-bond acceptors (Lipinski definition) is 0. The molecule has 0 N–H and O–H groups in total. The highest BCUT2D eigenvalue weighted by atomic mass is 14.0. The van der Waals surface area contributed by atoms with E-state index in [9.17, 15) is 0 Å². The fraction of sp³-hybridized carbons (Fsp3) is 0.500. The van der Waals surface area contributed by atoms with Gasteiger partial charge in [-0.1, -0.05) is 11.1 Å². The molecule has 0 aliphatic heterocycles. The summed E-state index contributed by atoms with van der Waals surface area (Å²) in [4.78, 5) is 0. The SMILES string of the molecule is C#CCC/C(C)=C(\C)CCC#C. The number of hydrogen-bond donors (Lipinski definition) is 0. The van der Waals surface area contributed by atoms with Crippen molar-refractivity contribution in [1.82, 2.24) is 0 Å². The van der Waals surface area contributed by atoms with E-state index in [0.717, 1.165) is 25.7 Å². The van der Waals surface area contributed by atoms with Crippen LogP contribution in [0.4, 0.5) is 0 Å². The van der Waals surface area contributed by atoms with Gasteiger partial charge in [0.2, 0.25) is 0 Å². The molecular formula is C12H16.